The number of rotatable bonds is 6. The number of hydrogen-bond acceptors (Lipinski definition) is 6. The molecule has 0 radical (unpaired) electrons. The number of carbonyl (C=O) groups excluding carboxylic acids is 2. The van der Waals surface area contributed by atoms with Crippen LogP contribution in [-0.4, -0.2) is 36.1 Å². The number of hydrogen-bond donors (Lipinski definition) is 1. The first-order valence-electron chi connectivity index (χ1n) is 9.41. The van der Waals surface area contributed by atoms with Gasteiger partial charge in [0.15, 0.2) is 5.78 Å². The first-order valence-corrected chi connectivity index (χ1v) is 9.41. The van der Waals surface area contributed by atoms with Crippen molar-refractivity contribution in [1.29, 1.82) is 0 Å². The van der Waals surface area contributed by atoms with Crippen LogP contribution in [0.15, 0.2) is 47.1 Å². The van der Waals surface area contributed by atoms with E-state index in [4.69, 9.17) is 9.47 Å². The molecule has 6 heteroatoms. The smallest absolute Gasteiger partial charge is 0.336 e. The highest BCUT2D eigenvalue weighted by atomic mass is 16.6. The molecule has 6 nitrogen and oxygen atoms in total. The fourth-order valence-corrected chi connectivity index (χ4v) is 3.63. The summed E-state index contributed by atoms with van der Waals surface area (Å²) in [5.74, 6) is -0.786. The fourth-order valence-electron chi connectivity index (χ4n) is 3.63. The standard InChI is InChI=1S/C21H26N2O4/c1-13(2)26-10-11-27-21(25)18-14(3)23-16-7-4-8-17(24)20(16)19(18)15-6-5-9-22-12-15/h5-6,9,12-13,19,23H,4,7-8,10-11H2,1-3H3/t19-/m0/s1. The molecule has 0 unspecified atom stereocenters. The van der Waals surface area contributed by atoms with Crippen molar-refractivity contribution in [3.05, 3.63) is 52.6 Å². The Balaban J connectivity index is 1.91. The van der Waals surface area contributed by atoms with Gasteiger partial charge in [-0.15, -0.1) is 0 Å². The van der Waals surface area contributed by atoms with Crippen molar-refractivity contribution in [1.82, 2.24) is 10.3 Å². The summed E-state index contributed by atoms with van der Waals surface area (Å²) in [6, 6.07) is 3.72. The van der Waals surface area contributed by atoms with E-state index in [0.717, 1.165) is 29.8 Å². The Labute approximate surface area is 159 Å². The van der Waals surface area contributed by atoms with Crippen molar-refractivity contribution in [2.75, 3.05) is 13.2 Å². The molecule has 0 spiro atoms. The zero-order valence-electron chi connectivity index (χ0n) is 16.1. The third-order valence-corrected chi connectivity index (χ3v) is 4.78. The normalized spacial score (nSPS) is 19.9. The minimum atomic E-state index is -0.443. The van der Waals surface area contributed by atoms with Crippen molar-refractivity contribution < 1.29 is 19.1 Å². The lowest BCUT2D eigenvalue weighted by Crippen LogP contribution is -2.34. The Morgan fingerprint density at radius 1 is 1.33 bits per heavy atom. The number of aromatic nitrogens is 1. The lowest BCUT2D eigenvalue weighted by atomic mass is 9.75. The van der Waals surface area contributed by atoms with E-state index in [-0.39, 0.29) is 18.5 Å². The molecule has 3 rings (SSSR count). The summed E-state index contributed by atoms with van der Waals surface area (Å²) < 4.78 is 10.9. The largest absolute Gasteiger partial charge is 0.460 e. The minimum Gasteiger partial charge on any atom is -0.460 e. The van der Waals surface area contributed by atoms with Gasteiger partial charge in [0, 0.05) is 41.7 Å². The van der Waals surface area contributed by atoms with E-state index in [1.54, 1.807) is 12.4 Å². The molecule has 0 saturated carbocycles. The zero-order chi connectivity index (χ0) is 19.4. The number of pyridine rings is 1. The van der Waals surface area contributed by atoms with Crippen LogP contribution in [0.2, 0.25) is 0 Å². The molecule has 1 aromatic heterocycles. The molecule has 0 fully saturated rings. The first kappa shape index (κ1) is 19.3. The van der Waals surface area contributed by atoms with Gasteiger partial charge in [-0.3, -0.25) is 9.78 Å². The molecule has 0 aromatic carbocycles. The SMILES string of the molecule is CC1=C(C(=O)OCCOC(C)C)[C@H](c2cccnc2)C2=C(CCCC2=O)N1. The van der Waals surface area contributed by atoms with Gasteiger partial charge in [-0.25, -0.2) is 4.79 Å². The second kappa shape index (κ2) is 8.48. The zero-order valence-corrected chi connectivity index (χ0v) is 16.1. The highest BCUT2D eigenvalue weighted by molar-refractivity contribution is 6.03. The highest BCUT2D eigenvalue weighted by Gasteiger charge is 2.39. The summed E-state index contributed by atoms with van der Waals surface area (Å²) in [6.45, 7) is 6.23. The number of Topliss-reactive ketones (excluding diaryl/α,β-unsaturated/α-hetero) is 1. The van der Waals surface area contributed by atoms with Gasteiger partial charge in [-0.2, -0.15) is 0 Å². The molecule has 0 saturated heterocycles. The lowest BCUT2D eigenvalue weighted by molar-refractivity contribution is -0.141. The molecule has 0 amide bonds. The Morgan fingerprint density at radius 2 is 2.15 bits per heavy atom. The van der Waals surface area contributed by atoms with E-state index in [2.05, 4.69) is 10.3 Å². The van der Waals surface area contributed by atoms with E-state index in [9.17, 15) is 9.59 Å². The van der Waals surface area contributed by atoms with Crippen LogP contribution in [0.4, 0.5) is 0 Å². The predicted octanol–water partition coefficient (Wildman–Crippen LogP) is 3.02. The molecule has 1 aromatic rings. The maximum atomic E-state index is 12.9. The second-order valence-electron chi connectivity index (χ2n) is 7.11. The van der Waals surface area contributed by atoms with E-state index in [1.165, 1.54) is 0 Å². The molecule has 1 aliphatic carbocycles. The topological polar surface area (TPSA) is 77.5 Å². The maximum absolute atomic E-state index is 12.9. The summed E-state index contributed by atoms with van der Waals surface area (Å²) in [7, 11) is 0. The molecule has 1 atom stereocenters. The van der Waals surface area contributed by atoms with E-state index >= 15 is 0 Å². The third-order valence-electron chi connectivity index (χ3n) is 4.78. The molecule has 1 aliphatic heterocycles. The number of ether oxygens (including phenoxy) is 2. The lowest BCUT2D eigenvalue weighted by Gasteiger charge is -2.34. The molecule has 0 bridgehead atoms. The first-order chi connectivity index (χ1) is 13.0. The van der Waals surface area contributed by atoms with Gasteiger partial charge in [0.1, 0.15) is 6.61 Å². The summed E-state index contributed by atoms with van der Waals surface area (Å²) in [5, 5.41) is 3.27. The van der Waals surface area contributed by atoms with Crippen molar-refractivity contribution in [3.63, 3.8) is 0 Å². The van der Waals surface area contributed by atoms with Gasteiger partial charge in [0.05, 0.1) is 18.3 Å². The summed E-state index contributed by atoms with van der Waals surface area (Å²) in [4.78, 5) is 29.8. The maximum Gasteiger partial charge on any atom is 0.336 e. The molecule has 2 aliphatic rings. The van der Waals surface area contributed by atoms with Crippen molar-refractivity contribution >= 4 is 11.8 Å². The fraction of sp³-hybridized carbons (Fsp3) is 0.476. The van der Waals surface area contributed by atoms with Crippen LogP contribution in [0.25, 0.3) is 0 Å². The quantitative estimate of drug-likeness (QED) is 0.613. The third kappa shape index (κ3) is 4.27. The van der Waals surface area contributed by atoms with Crippen LogP contribution in [-0.2, 0) is 19.1 Å². The molecule has 144 valence electrons. The Morgan fingerprint density at radius 3 is 2.85 bits per heavy atom. The average Bonchev–Trinajstić information content (AvgIpc) is 2.64. The van der Waals surface area contributed by atoms with E-state index < -0.39 is 11.9 Å². The number of ketones is 1. The van der Waals surface area contributed by atoms with E-state index in [0.29, 0.717) is 24.2 Å². The number of nitrogens with zero attached hydrogens (tertiary/aromatic N) is 1. The number of carbonyl (C=O) groups is 2. The summed E-state index contributed by atoms with van der Waals surface area (Å²) in [5.41, 5.74) is 3.61. The van der Waals surface area contributed by atoms with Gasteiger partial charge >= 0.3 is 5.97 Å². The van der Waals surface area contributed by atoms with Gasteiger partial charge in [0.2, 0.25) is 0 Å². The van der Waals surface area contributed by atoms with Gasteiger partial charge in [-0.1, -0.05) is 6.07 Å². The number of dihydropyridines is 1. The van der Waals surface area contributed by atoms with Crippen LogP contribution >= 0.6 is 0 Å². The van der Waals surface area contributed by atoms with Gasteiger partial charge < -0.3 is 14.8 Å². The summed E-state index contributed by atoms with van der Waals surface area (Å²) >= 11 is 0. The molecule has 27 heavy (non-hydrogen) atoms. The molecular formula is C21H26N2O4. The number of nitrogens with one attached hydrogen (secondary N) is 1. The predicted molar refractivity (Wildman–Crippen MR) is 101 cm³/mol. The second-order valence-corrected chi connectivity index (χ2v) is 7.11. The minimum absolute atomic E-state index is 0.0803. The number of esters is 1. The van der Waals surface area contributed by atoms with Crippen LogP contribution in [0.5, 0.6) is 0 Å². The monoisotopic (exact) mass is 370 g/mol. The van der Waals surface area contributed by atoms with Crippen LogP contribution in [0.3, 0.4) is 0 Å². The van der Waals surface area contributed by atoms with Crippen molar-refractivity contribution in [3.8, 4) is 0 Å². The Hall–Kier alpha value is -2.47. The van der Waals surface area contributed by atoms with Crippen LogP contribution in [0, 0.1) is 0 Å². The van der Waals surface area contributed by atoms with Gasteiger partial charge in [-0.05, 0) is 45.2 Å². The molecular weight excluding hydrogens is 344 g/mol. The average molecular weight is 370 g/mol. The number of allylic oxidation sites excluding steroid dienone is 3. The van der Waals surface area contributed by atoms with Crippen molar-refractivity contribution in [2.45, 2.75) is 52.1 Å². The van der Waals surface area contributed by atoms with Crippen LogP contribution in [0.1, 0.15) is 51.5 Å². The van der Waals surface area contributed by atoms with E-state index in [1.807, 2.05) is 32.9 Å². The Kier molecular flexibility index (Phi) is 6.06. The Bertz CT molecular complexity index is 781. The molecule has 2 heterocycles. The highest BCUT2D eigenvalue weighted by Crippen LogP contribution is 2.42. The van der Waals surface area contributed by atoms with Crippen molar-refractivity contribution in [2.24, 2.45) is 0 Å². The van der Waals surface area contributed by atoms with Crippen LogP contribution < -0.4 is 5.32 Å². The van der Waals surface area contributed by atoms with Gasteiger partial charge in [0.25, 0.3) is 0 Å². The summed E-state index contributed by atoms with van der Waals surface area (Å²) in [6.07, 6.45) is 5.60. The molecule has 1 N–H and O–H groups in total.